The van der Waals surface area contributed by atoms with Crippen LogP contribution in [-0.2, 0) is 32.1 Å². The summed E-state index contributed by atoms with van der Waals surface area (Å²) < 4.78 is 0. The van der Waals surface area contributed by atoms with Gasteiger partial charge in [-0.05, 0) is 81.5 Å². The number of nitrogens with two attached hydrogens (primary N) is 1. The number of likely N-dealkylation sites (tertiary alicyclic amines) is 1. The van der Waals surface area contributed by atoms with Crippen LogP contribution in [0.4, 0.5) is 5.69 Å². The normalized spacial score (nSPS) is 29.9. The number of ketones is 4. The molecule has 2 aromatic rings. The van der Waals surface area contributed by atoms with Crippen LogP contribution in [0.15, 0.2) is 30.3 Å². The summed E-state index contributed by atoms with van der Waals surface area (Å²) in [5.41, 5.74) is 6.20. The Morgan fingerprint density at radius 2 is 1.67 bits per heavy atom. The minimum atomic E-state index is -2.75. The van der Waals surface area contributed by atoms with Crippen LogP contribution in [0.3, 0.4) is 0 Å². The van der Waals surface area contributed by atoms with E-state index in [0.717, 1.165) is 25.2 Å². The molecular weight excluding hydrogens is 576 g/mol. The highest BCUT2D eigenvalue weighted by Crippen LogP contribution is 2.53. The molecule has 4 N–H and O–H groups in total. The van der Waals surface area contributed by atoms with Crippen LogP contribution >= 0.6 is 0 Å². The Kier molecular flexibility index (Phi) is 7.70. The maximum atomic E-state index is 14.3. The molecule has 2 unspecified atom stereocenters. The lowest BCUT2D eigenvalue weighted by molar-refractivity contribution is -0.181. The molecule has 6 atom stereocenters. The van der Waals surface area contributed by atoms with Crippen LogP contribution in [0, 0.1) is 23.7 Å². The molecule has 1 saturated heterocycles. The molecule has 0 bridgehead atoms. The first-order chi connectivity index (χ1) is 21.3. The van der Waals surface area contributed by atoms with Gasteiger partial charge in [0.2, 0.25) is 5.91 Å². The van der Waals surface area contributed by atoms with Crippen molar-refractivity contribution in [2.75, 3.05) is 46.2 Å². The van der Waals surface area contributed by atoms with Gasteiger partial charge in [0.15, 0.2) is 34.7 Å². The second kappa shape index (κ2) is 11.1. The van der Waals surface area contributed by atoms with Crippen molar-refractivity contribution < 1.29 is 34.2 Å². The molecule has 45 heavy (non-hydrogen) atoms. The lowest BCUT2D eigenvalue weighted by Crippen LogP contribution is -2.74. The van der Waals surface area contributed by atoms with E-state index in [4.69, 9.17) is 5.73 Å². The van der Waals surface area contributed by atoms with Crippen molar-refractivity contribution in [3.63, 3.8) is 0 Å². The summed E-state index contributed by atoms with van der Waals surface area (Å²) in [6, 6.07) is 8.53. The van der Waals surface area contributed by atoms with E-state index >= 15 is 0 Å². The Balaban J connectivity index is 1.43. The monoisotopic (exact) mass is 616 g/mol. The van der Waals surface area contributed by atoms with Crippen molar-refractivity contribution in [3.8, 4) is 16.9 Å². The first-order valence-electron chi connectivity index (χ1n) is 15.5. The third-order valence-corrected chi connectivity index (χ3v) is 10.4. The van der Waals surface area contributed by atoms with Crippen molar-refractivity contribution in [3.05, 3.63) is 47.0 Å². The number of benzene rings is 2. The molecule has 11 heteroatoms. The van der Waals surface area contributed by atoms with Crippen molar-refractivity contribution >= 4 is 34.7 Å². The van der Waals surface area contributed by atoms with E-state index in [2.05, 4.69) is 4.90 Å². The maximum Gasteiger partial charge on any atom is 0.235 e. The number of aromatic hydroxyl groups is 1. The average Bonchev–Trinajstić information content (AvgIpc) is 3.48. The van der Waals surface area contributed by atoms with Gasteiger partial charge in [0.05, 0.1) is 17.5 Å². The number of nitrogens with zero attached hydrogens (tertiary/aromatic N) is 3. The minimum Gasteiger partial charge on any atom is -0.507 e. The van der Waals surface area contributed by atoms with Crippen molar-refractivity contribution in [1.82, 2.24) is 9.80 Å². The lowest BCUT2D eigenvalue weighted by atomic mass is 9.52. The number of hydrogen-bond donors (Lipinski definition) is 3. The number of Topliss-reactive ketones (excluding diaryl/α,β-unsaturated/α-hetero) is 4. The van der Waals surface area contributed by atoms with Crippen molar-refractivity contribution in [2.24, 2.45) is 29.4 Å². The fraction of sp³-hybridized carbons (Fsp3) is 0.500. The fourth-order valence-electron chi connectivity index (χ4n) is 8.26. The van der Waals surface area contributed by atoms with Gasteiger partial charge in [-0.2, -0.15) is 0 Å². The largest absolute Gasteiger partial charge is 0.507 e. The van der Waals surface area contributed by atoms with Crippen molar-refractivity contribution in [1.29, 1.82) is 0 Å². The molecule has 0 spiro atoms. The second-order valence-electron chi connectivity index (χ2n) is 13.5. The van der Waals surface area contributed by atoms with E-state index in [-0.39, 0.29) is 24.2 Å². The van der Waals surface area contributed by atoms with Gasteiger partial charge in [0.25, 0.3) is 0 Å². The number of aliphatic hydroxyl groups is 1. The highest BCUT2D eigenvalue weighted by molar-refractivity contribution is 6.32. The molecule has 11 nitrogen and oxygen atoms in total. The lowest BCUT2D eigenvalue weighted by Gasteiger charge is -2.52. The van der Waals surface area contributed by atoms with Gasteiger partial charge < -0.3 is 20.8 Å². The van der Waals surface area contributed by atoms with E-state index in [0.29, 0.717) is 22.4 Å². The number of anilines is 1. The van der Waals surface area contributed by atoms with E-state index in [1.54, 1.807) is 14.1 Å². The summed E-state index contributed by atoms with van der Waals surface area (Å²) in [5, 5.41) is 23.5. The molecule has 1 heterocycles. The zero-order chi connectivity index (χ0) is 32.5. The Hall–Kier alpha value is -3.93. The molecule has 1 amide bonds. The maximum absolute atomic E-state index is 14.3. The predicted octanol–water partition coefficient (Wildman–Crippen LogP) is 1.20. The molecule has 4 aliphatic rings. The highest BCUT2D eigenvalue weighted by atomic mass is 16.3. The first kappa shape index (κ1) is 31.1. The number of carbonyl (C=O) groups is 5. The zero-order valence-electron chi connectivity index (χ0n) is 26.1. The number of phenolic OH excluding ortho intramolecular Hbond substituents is 1. The van der Waals surface area contributed by atoms with Crippen LogP contribution < -0.4 is 10.6 Å². The van der Waals surface area contributed by atoms with E-state index < -0.39 is 64.4 Å². The van der Waals surface area contributed by atoms with Gasteiger partial charge >= 0.3 is 0 Å². The van der Waals surface area contributed by atoms with Crippen LogP contribution in [0.2, 0.25) is 0 Å². The first-order valence-corrected chi connectivity index (χ1v) is 15.5. The minimum absolute atomic E-state index is 0.0102. The molecule has 2 saturated carbocycles. The van der Waals surface area contributed by atoms with Crippen LogP contribution in [0.25, 0.3) is 11.1 Å². The van der Waals surface area contributed by atoms with E-state index in [1.807, 2.05) is 49.3 Å². The number of amides is 1. The van der Waals surface area contributed by atoms with Gasteiger partial charge in [-0.15, -0.1) is 0 Å². The number of hydrogen-bond acceptors (Lipinski definition) is 10. The van der Waals surface area contributed by atoms with Gasteiger partial charge in [-0.1, -0.05) is 24.3 Å². The number of carbonyl (C=O) groups excluding carboxylic acids is 5. The van der Waals surface area contributed by atoms with Gasteiger partial charge in [0.1, 0.15) is 5.75 Å². The Morgan fingerprint density at radius 1 is 1.02 bits per heavy atom. The average molecular weight is 617 g/mol. The standard InChI is InChI=1S/C34H40N4O7/c1-36(2)23-15-20(18-9-7-17(8-10-18)16-38-11-5-6-12-38)28(39)25-21(23)13-19-14-22-27(37(3)4)30(41)26(33(35)44)32(43)34(22,45)31(42)24(19)29(25)40/h7-10,15,19,22,24,26-27,39,45H,5-6,11-14,16H2,1-4H3,(H2,35,44)/t19-,22-,24?,26?,27+,34-/m0/s1. The van der Waals surface area contributed by atoms with Gasteiger partial charge in [-0.3, -0.25) is 33.8 Å². The Labute approximate surface area is 262 Å². The van der Waals surface area contributed by atoms with Gasteiger partial charge in [0, 0.05) is 37.8 Å². The number of phenols is 1. The summed E-state index contributed by atoms with van der Waals surface area (Å²) >= 11 is 0. The summed E-state index contributed by atoms with van der Waals surface area (Å²) in [6.07, 6.45) is 2.61. The Bertz CT molecular complexity index is 1610. The molecule has 1 aliphatic heterocycles. The summed E-state index contributed by atoms with van der Waals surface area (Å²) in [5.74, 6) is -10.5. The smallest absolute Gasteiger partial charge is 0.235 e. The van der Waals surface area contributed by atoms with Crippen LogP contribution in [0.5, 0.6) is 5.75 Å². The zero-order valence-corrected chi connectivity index (χ0v) is 26.1. The molecule has 238 valence electrons. The molecule has 2 aromatic carbocycles. The molecule has 3 aliphatic carbocycles. The second-order valence-corrected chi connectivity index (χ2v) is 13.5. The third kappa shape index (κ3) is 4.71. The summed E-state index contributed by atoms with van der Waals surface area (Å²) in [6.45, 7) is 2.97. The SMILES string of the molecule is CN(C)c1cc(-c2ccc(CN3CCCC3)cc2)c(O)c2c1C[C@H]1C[C@H]3[C@@H](N(C)C)C(=O)C(C(N)=O)C(=O)[C@@]3(O)C(=O)C1C2=O. The molecule has 0 aromatic heterocycles. The van der Waals surface area contributed by atoms with Crippen molar-refractivity contribution in [2.45, 2.75) is 43.9 Å². The third-order valence-electron chi connectivity index (χ3n) is 10.4. The number of likely N-dealkylation sites (N-methyl/N-ethyl adjacent to an activating group) is 1. The van der Waals surface area contributed by atoms with Crippen LogP contribution in [0.1, 0.15) is 40.7 Å². The fourth-order valence-corrected chi connectivity index (χ4v) is 8.26. The highest BCUT2D eigenvalue weighted by Gasteiger charge is 2.69. The van der Waals surface area contributed by atoms with Gasteiger partial charge in [-0.25, -0.2) is 0 Å². The topological polar surface area (TPSA) is 162 Å². The van der Waals surface area contributed by atoms with E-state index in [9.17, 15) is 34.2 Å². The Morgan fingerprint density at radius 3 is 2.24 bits per heavy atom. The predicted molar refractivity (Wildman–Crippen MR) is 166 cm³/mol. The number of fused-ring (bicyclic) bond motifs is 3. The number of rotatable bonds is 6. The summed E-state index contributed by atoms with van der Waals surface area (Å²) in [7, 11) is 6.80. The van der Waals surface area contributed by atoms with E-state index in [1.165, 1.54) is 17.7 Å². The molecule has 0 radical (unpaired) electrons. The quantitative estimate of drug-likeness (QED) is 0.402. The molecular formula is C34H40N4O7. The van der Waals surface area contributed by atoms with Crippen LogP contribution in [-0.4, -0.2) is 102 Å². The summed E-state index contributed by atoms with van der Waals surface area (Å²) in [4.78, 5) is 73.3. The number of primary amides is 1. The molecule has 3 fully saturated rings. The molecule has 6 rings (SSSR count).